The van der Waals surface area contributed by atoms with Gasteiger partial charge < -0.3 is 24.4 Å². The number of carbonyl (C=O) groups excluding carboxylic acids is 1. The summed E-state index contributed by atoms with van der Waals surface area (Å²) in [5.41, 5.74) is 2.19. The Balaban J connectivity index is 1.69. The molecule has 3 heterocycles. The summed E-state index contributed by atoms with van der Waals surface area (Å²) in [7, 11) is 0.348. The van der Waals surface area contributed by atoms with E-state index >= 15 is 0 Å². The quantitative estimate of drug-likeness (QED) is 0.443. The summed E-state index contributed by atoms with van der Waals surface area (Å²) >= 11 is 0. The molecule has 0 radical (unpaired) electrons. The summed E-state index contributed by atoms with van der Waals surface area (Å²) in [6, 6.07) is 1.08. The molecule has 0 saturated carbocycles. The number of rotatable bonds is 9. The second-order valence-electron chi connectivity index (χ2n) is 10.3. The van der Waals surface area contributed by atoms with Gasteiger partial charge in [-0.05, 0) is 57.3 Å². The first-order chi connectivity index (χ1) is 15.3. The zero-order valence-corrected chi connectivity index (χ0v) is 21.6. The number of hydrogen-bond acceptors (Lipinski definition) is 6. The average molecular weight is 467 g/mol. The van der Waals surface area contributed by atoms with Crippen LogP contribution in [-0.2, 0) is 20.9 Å². The molecule has 1 aromatic heterocycles. The topological polar surface area (TPSA) is 77.9 Å². The normalized spacial score (nSPS) is 22.8. The number of nitrogens with zero attached hydrogens (tertiary/aromatic N) is 3. The number of aromatic nitrogens is 2. The van der Waals surface area contributed by atoms with Gasteiger partial charge in [-0.1, -0.05) is 19.6 Å². The van der Waals surface area contributed by atoms with Crippen LogP contribution in [0.25, 0.3) is 0 Å². The van der Waals surface area contributed by atoms with E-state index in [1.165, 1.54) is 7.11 Å². The molecule has 3 rings (SSSR count). The third-order valence-electron chi connectivity index (χ3n) is 6.53. The van der Waals surface area contributed by atoms with Crippen molar-refractivity contribution in [3.63, 3.8) is 0 Å². The molecule has 1 N–H and O–H groups in total. The second-order valence-corrected chi connectivity index (χ2v) is 16.0. The first-order valence-electron chi connectivity index (χ1n) is 12.1. The van der Waals surface area contributed by atoms with Crippen molar-refractivity contribution in [2.45, 2.75) is 83.1 Å². The molecule has 2 saturated heterocycles. The second kappa shape index (κ2) is 11.6. The average Bonchev–Trinajstić information content (AvgIpc) is 3.14. The van der Waals surface area contributed by atoms with Crippen LogP contribution in [0.5, 0.6) is 0 Å². The SMILES string of the molecule is COC(=O)N1CCCC(c2nn(COCC[Si](C)(C)C)cc2C)C1COC1CCNCC1. The van der Waals surface area contributed by atoms with Gasteiger partial charge in [-0.25, -0.2) is 9.48 Å². The van der Waals surface area contributed by atoms with Crippen molar-refractivity contribution >= 4 is 14.2 Å². The van der Waals surface area contributed by atoms with Crippen molar-refractivity contribution in [3.8, 4) is 0 Å². The van der Waals surface area contributed by atoms with Crippen molar-refractivity contribution in [3.05, 3.63) is 17.5 Å². The Kier molecular flexibility index (Phi) is 9.16. The van der Waals surface area contributed by atoms with Gasteiger partial charge in [0, 0.05) is 33.3 Å². The number of hydrogen-bond donors (Lipinski definition) is 1. The van der Waals surface area contributed by atoms with Crippen LogP contribution in [0.15, 0.2) is 6.20 Å². The smallest absolute Gasteiger partial charge is 0.409 e. The predicted octanol–water partition coefficient (Wildman–Crippen LogP) is 3.59. The van der Waals surface area contributed by atoms with Gasteiger partial charge in [0.15, 0.2) is 0 Å². The lowest BCUT2D eigenvalue weighted by Gasteiger charge is -2.40. The molecule has 182 valence electrons. The van der Waals surface area contributed by atoms with Gasteiger partial charge in [-0.3, -0.25) is 0 Å². The van der Waals surface area contributed by atoms with Gasteiger partial charge in [0.2, 0.25) is 0 Å². The molecular weight excluding hydrogens is 424 g/mol. The van der Waals surface area contributed by atoms with E-state index in [9.17, 15) is 4.79 Å². The molecule has 0 aliphatic carbocycles. The fourth-order valence-electron chi connectivity index (χ4n) is 4.63. The number of amides is 1. The van der Waals surface area contributed by atoms with E-state index in [4.69, 9.17) is 19.3 Å². The molecule has 0 spiro atoms. The summed E-state index contributed by atoms with van der Waals surface area (Å²) < 4.78 is 19.2. The summed E-state index contributed by atoms with van der Waals surface area (Å²) in [6.07, 6.45) is 5.98. The Morgan fingerprint density at radius 1 is 1.25 bits per heavy atom. The molecule has 32 heavy (non-hydrogen) atoms. The molecule has 0 bridgehead atoms. The molecule has 8 nitrogen and oxygen atoms in total. The van der Waals surface area contributed by atoms with Gasteiger partial charge in [0.05, 0.1) is 31.6 Å². The third kappa shape index (κ3) is 7.04. The summed E-state index contributed by atoms with van der Waals surface area (Å²) in [4.78, 5) is 14.4. The standard InChI is InChI=1S/C23H42N4O4Si/c1-18-15-26(17-30-13-14-32(3,4)5)25-22(18)20-7-6-12-27(23(28)29-2)21(20)16-31-19-8-10-24-11-9-19/h15,19-21,24H,6-14,16-17H2,1-5H3. The van der Waals surface area contributed by atoms with Crippen LogP contribution in [0.3, 0.4) is 0 Å². The van der Waals surface area contributed by atoms with Crippen LogP contribution < -0.4 is 5.32 Å². The highest BCUT2D eigenvalue weighted by Gasteiger charge is 2.38. The van der Waals surface area contributed by atoms with Crippen molar-refractivity contribution in [1.29, 1.82) is 0 Å². The maximum Gasteiger partial charge on any atom is 0.409 e. The predicted molar refractivity (Wildman–Crippen MR) is 128 cm³/mol. The molecular formula is C23H42N4O4Si. The van der Waals surface area contributed by atoms with Crippen molar-refractivity contribution < 1.29 is 19.0 Å². The van der Waals surface area contributed by atoms with Crippen LogP contribution in [-0.4, -0.2) is 81.0 Å². The van der Waals surface area contributed by atoms with Gasteiger partial charge in [-0.15, -0.1) is 0 Å². The van der Waals surface area contributed by atoms with Crippen molar-refractivity contribution in [2.75, 3.05) is 40.0 Å². The Labute approximate surface area is 194 Å². The molecule has 0 aromatic carbocycles. The van der Waals surface area contributed by atoms with Gasteiger partial charge >= 0.3 is 6.09 Å². The molecule has 2 fully saturated rings. The molecule has 2 unspecified atom stereocenters. The number of piperidine rings is 2. The fourth-order valence-corrected chi connectivity index (χ4v) is 5.38. The molecule has 2 aliphatic rings. The number of likely N-dealkylation sites (tertiary alicyclic amines) is 1. The lowest BCUT2D eigenvalue weighted by molar-refractivity contribution is -0.0200. The lowest BCUT2D eigenvalue weighted by Crippen LogP contribution is -2.50. The van der Waals surface area contributed by atoms with E-state index in [0.29, 0.717) is 19.9 Å². The summed E-state index contributed by atoms with van der Waals surface area (Å²) in [5.74, 6) is 0.132. The highest BCUT2D eigenvalue weighted by Crippen LogP contribution is 2.34. The highest BCUT2D eigenvalue weighted by atomic mass is 28.3. The minimum Gasteiger partial charge on any atom is -0.453 e. The molecule has 9 heteroatoms. The Hall–Kier alpha value is -1.42. The number of methoxy groups -OCH3 is 1. The number of ether oxygens (including phenoxy) is 3. The monoisotopic (exact) mass is 466 g/mol. The number of carbonyl (C=O) groups is 1. The zero-order chi connectivity index (χ0) is 23.1. The first kappa shape index (κ1) is 25.2. The molecule has 1 amide bonds. The number of aryl methyl sites for hydroxylation is 1. The maximum absolute atomic E-state index is 12.5. The van der Waals surface area contributed by atoms with Crippen molar-refractivity contribution in [1.82, 2.24) is 20.0 Å². The van der Waals surface area contributed by atoms with E-state index in [0.717, 1.165) is 62.7 Å². The highest BCUT2D eigenvalue weighted by molar-refractivity contribution is 6.76. The van der Waals surface area contributed by atoms with Crippen LogP contribution in [0.4, 0.5) is 4.79 Å². The Morgan fingerprint density at radius 2 is 2.00 bits per heavy atom. The summed E-state index contributed by atoms with van der Waals surface area (Å²) in [5, 5.41) is 8.27. The van der Waals surface area contributed by atoms with Gasteiger partial charge in [0.25, 0.3) is 0 Å². The van der Waals surface area contributed by atoms with Crippen LogP contribution in [0.2, 0.25) is 25.7 Å². The summed E-state index contributed by atoms with van der Waals surface area (Å²) in [6.45, 7) is 13.6. The van der Waals surface area contributed by atoms with E-state index in [1.807, 2.05) is 9.58 Å². The largest absolute Gasteiger partial charge is 0.453 e. The lowest BCUT2D eigenvalue weighted by atomic mass is 9.85. The van der Waals surface area contributed by atoms with Gasteiger partial charge in [-0.2, -0.15) is 5.10 Å². The minimum absolute atomic E-state index is 0.0686. The van der Waals surface area contributed by atoms with Crippen LogP contribution >= 0.6 is 0 Å². The maximum atomic E-state index is 12.5. The van der Waals surface area contributed by atoms with E-state index in [2.05, 4.69) is 38.1 Å². The Morgan fingerprint density at radius 3 is 2.69 bits per heavy atom. The van der Waals surface area contributed by atoms with E-state index in [-0.39, 0.29) is 24.2 Å². The van der Waals surface area contributed by atoms with Crippen LogP contribution in [0.1, 0.15) is 42.9 Å². The minimum atomic E-state index is -1.10. The van der Waals surface area contributed by atoms with Crippen LogP contribution in [0, 0.1) is 6.92 Å². The van der Waals surface area contributed by atoms with E-state index < -0.39 is 8.07 Å². The first-order valence-corrected chi connectivity index (χ1v) is 15.8. The Bertz CT molecular complexity index is 730. The van der Waals surface area contributed by atoms with Crippen molar-refractivity contribution in [2.24, 2.45) is 0 Å². The van der Waals surface area contributed by atoms with E-state index in [1.54, 1.807) is 0 Å². The zero-order valence-electron chi connectivity index (χ0n) is 20.6. The number of nitrogens with one attached hydrogen (secondary N) is 1. The molecule has 2 atom stereocenters. The molecule has 1 aromatic rings. The molecule has 2 aliphatic heterocycles. The van der Waals surface area contributed by atoms with Gasteiger partial charge in [0.1, 0.15) is 6.73 Å². The fraction of sp³-hybridized carbons (Fsp3) is 0.826. The third-order valence-corrected chi connectivity index (χ3v) is 8.24.